The lowest BCUT2D eigenvalue weighted by atomic mass is 10.0. The zero-order valence-electron chi connectivity index (χ0n) is 50.0. The van der Waals surface area contributed by atoms with Gasteiger partial charge in [0.25, 0.3) is 7.82 Å². The molecule has 0 rings (SSSR count). The average molecular weight is 1080 g/mol. The molecule has 2 unspecified atom stereocenters. The van der Waals surface area contributed by atoms with E-state index in [1.165, 1.54) is 205 Å². The smallest absolute Gasteiger partial charge is 0.306 e. The number of quaternary nitrogens is 1. The van der Waals surface area contributed by atoms with Gasteiger partial charge in [0.2, 0.25) is 0 Å². The van der Waals surface area contributed by atoms with Crippen LogP contribution in [-0.4, -0.2) is 70.0 Å². The molecule has 9 nitrogen and oxygen atoms in total. The Hall–Kier alpha value is -2.03. The van der Waals surface area contributed by atoms with Gasteiger partial charge in [-0.15, -0.1) is 0 Å². The molecule has 0 saturated carbocycles. The van der Waals surface area contributed by atoms with Gasteiger partial charge < -0.3 is 27.9 Å². The van der Waals surface area contributed by atoms with Crippen molar-refractivity contribution >= 4 is 19.8 Å². The van der Waals surface area contributed by atoms with E-state index in [2.05, 4.69) is 62.5 Å². The number of hydrogen-bond acceptors (Lipinski definition) is 8. The highest BCUT2D eigenvalue weighted by atomic mass is 31.2. The second-order valence-corrected chi connectivity index (χ2v) is 24.2. The lowest BCUT2D eigenvalue weighted by molar-refractivity contribution is -0.870. The van der Waals surface area contributed by atoms with Crippen LogP contribution in [0.15, 0.2) is 48.6 Å². The molecule has 0 aliphatic carbocycles. The minimum absolute atomic E-state index is 0.0285. The van der Waals surface area contributed by atoms with Gasteiger partial charge in [0.1, 0.15) is 19.8 Å². The van der Waals surface area contributed by atoms with E-state index in [9.17, 15) is 19.0 Å². The summed E-state index contributed by atoms with van der Waals surface area (Å²) in [5.41, 5.74) is 0. The predicted octanol–water partition coefficient (Wildman–Crippen LogP) is 19.5. The van der Waals surface area contributed by atoms with Crippen molar-refractivity contribution in [2.24, 2.45) is 0 Å². The highest BCUT2D eigenvalue weighted by molar-refractivity contribution is 7.45. The number of phosphoric ester groups is 1. The van der Waals surface area contributed by atoms with E-state index in [0.29, 0.717) is 17.4 Å². The molecule has 0 spiro atoms. The second kappa shape index (κ2) is 56.7. The maximum atomic E-state index is 12.8. The third kappa shape index (κ3) is 61.1. The molecular formula is C65H122NO8P. The Morgan fingerprint density at radius 3 is 1.13 bits per heavy atom. The van der Waals surface area contributed by atoms with E-state index in [0.717, 1.165) is 64.2 Å². The number of phosphoric acid groups is 1. The van der Waals surface area contributed by atoms with Gasteiger partial charge >= 0.3 is 11.9 Å². The lowest BCUT2D eigenvalue weighted by Crippen LogP contribution is -2.37. The van der Waals surface area contributed by atoms with E-state index >= 15 is 0 Å². The highest BCUT2D eigenvalue weighted by Crippen LogP contribution is 2.38. The Kier molecular flexibility index (Phi) is 55.1. The van der Waals surface area contributed by atoms with Crippen molar-refractivity contribution in [2.75, 3.05) is 47.5 Å². The van der Waals surface area contributed by atoms with Crippen molar-refractivity contribution < 1.29 is 42.1 Å². The molecule has 0 N–H and O–H groups in total. The molecule has 0 aromatic carbocycles. The topological polar surface area (TPSA) is 111 Å². The quantitative estimate of drug-likeness (QED) is 0.0195. The number of esters is 2. The summed E-state index contributed by atoms with van der Waals surface area (Å²) in [5.74, 6) is -0.815. The SMILES string of the molecule is CC/C=C\C/C=C\C/C=C\C/C=C\CCCCCCCCCCCCCCCCCCCCC(=O)OC(COC(=O)CCCCCCCCCCCCCCCCCCCCCC)COP(=O)([O-])OCC[N+](C)(C)C. The van der Waals surface area contributed by atoms with E-state index < -0.39 is 26.5 Å². The van der Waals surface area contributed by atoms with Crippen LogP contribution < -0.4 is 4.89 Å². The van der Waals surface area contributed by atoms with Crippen molar-refractivity contribution in [3.63, 3.8) is 0 Å². The zero-order chi connectivity index (χ0) is 54.9. The van der Waals surface area contributed by atoms with E-state index in [-0.39, 0.29) is 32.0 Å². The number of nitrogens with zero attached hydrogens (tertiary/aromatic N) is 1. The molecule has 0 heterocycles. The number of unbranched alkanes of at least 4 members (excludes halogenated alkanes) is 37. The molecule has 0 aromatic rings. The van der Waals surface area contributed by atoms with Crippen molar-refractivity contribution in [1.82, 2.24) is 0 Å². The number of likely N-dealkylation sites (N-methyl/N-ethyl adjacent to an activating group) is 1. The average Bonchev–Trinajstić information content (AvgIpc) is 3.37. The van der Waals surface area contributed by atoms with Gasteiger partial charge in [0, 0.05) is 12.8 Å². The maximum Gasteiger partial charge on any atom is 0.306 e. The molecule has 0 aliphatic rings. The standard InChI is InChI=1S/C65H122NO8P/c1-6-8-10-12-14-16-18-20-22-24-26-28-29-30-31-32-33-34-35-36-37-38-40-42-44-46-48-50-52-54-56-58-65(68)74-63(62-73-75(69,70)72-60-59-66(3,4)5)61-71-64(67)57-55-53-51-49-47-45-43-41-39-27-25-23-21-19-17-15-13-11-9-7-2/h8,10,14,16,20,22,26,28,63H,6-7,9,11-13,15,17-19,21,23-25,27,29-62H2,1-5H3/b10-8-,16-14-,22-20-,28-26-. The van der Waals surface area contributed by atoms with Gasteiger partial charge in [0.05, 0.1) is 27.7 Å². The summed E-state index contributed by atoms with van der Waals surface area (Å²) in [5, 5.41) is 0. The first-order valence-electron chi connectivity index (χ1n) is 31.8. The molecular weight excluding hydrogens is 954 g/mol. The second-order valence-electron chi connectivity index (χ2n) is 22.8. The van der Waals surface area contributed by atoms with Gasteiger partial charge in [0.15, 0.2) is 6.10 Å². The number of allylic oxidation sites excluding steroid dienone is 8. The van der Waals surface area contributed by atoms with Crippen LogP contribution in [0.5, 0.6) is 0 Å². The van der Waals surface area contributed by atoms with Crippen molar-refractivity contribution in [3.05, 3.63) is 48.6 Å². The first kappa shape index (κ1) is 73.0. The van der Waals surface area contributed by atoms with Gasteiger partial charge in [-0.2, -0.15) is 0 Å². The van der Waals surface area contributed by atoms with E-state index in [1.54, 1.807) is 0 Å². The Morgan fingerprint density at radius 2 is 0.760 bits per heavy atom. The summed E-state index contributed by atoms with van der Waals surface area (Å²) in [4.78, 5) is 38.0. The van der Waals surface area contributed by atoms with Gasteiger partial charge in [-0.3, -0.25) is 14.2 Å². The van der Waals surface area contributed by atoms with Crippen LogP contribution >= 0.6 is 7.82 Å². The van der Waals surface area contributed by atoms with Crippen LogP contribution in [0.3, 0.4) is 0 Å². The molecule has 0 bridgehead atoms. The third-order valence-electron chi connectivity index (χ3n) is 14.1. The monoisotopic (exact) mass is 1080 g/mol. The zero-order valence-corrected chi connectivity index (χ0v) is 50.9. The molecule has 0 aliphatic heterocycles. The van der Waals surface area contributed by atoms with Gasteiger partial charge in [-0.1, -0.05) is 287 Å². The van der Waals surface area contributed by atoms with Crippen LogP contribution in [0.1, 0.15) is 303 Å². The summed E-state index contributed by atoms with van der Waals surface area (Å²) in [6.07, 6.45) is 71.7. The number of carbonyl (C=O) groups is 2. The minimum Gasteiger partial charge on any atom is -0.756 e. The first-order valence-corrected chi connectivity index (χ1v) is 33.3. The summed E-state index contributed by atoms with van der Waals surface area (Å²) in [6.45, 7) is 4.18. The maximum absolute atomic E-state index is 12.8. The summed E-state index contributed by atoms with van der Waals surface area (Å²) >= 11 is 0. The van der Waals surface area contributed by atoms with Crippen molar-refractivity contribution in [1.29, 1.82) is 0 Å². The Balaban J connectivity index is 4.04. The van der Waals surface area contributed by atoms with Gasteiger partial charge in [-0.25, -0.2) is 0 Å². The van der Waals surface area contributed by atoms with Gasteiger partial charge in [-0.05, 0) is 51.4 Å². The summed E-state index contributed by atoms with van der Waals surface area (Å²) < 4.78 is 34.3. The summed E-state index contributed by atoms with van der Waals surface area (Å²) in [7, 11) is 1.18. The van der Waals surface area contributed by atoms with Crippen LogP contribution in [0.2, 0.25) is 0 Å². The Labute approximate surface area is 464 Å². The summed E-state index contributed by atoms with van der Waals surface area (Å²) in [6, 6.07) is 0. The molecule has 0 saturated heterocycles. The molecule has 0 fully saturated rings. The van der Waals surface area contributed by atoms with E-state index in [4.69, 9.17) is 18.5 Å². The van der Waals surface area contributed by atoms with E-state index in [1.807, 2.05) is 21.1 Å². The normalized spacial score (nSPS) is 13.5. The van der Waals surface area contributed by atoms with Crippen LogP contribution in [0.25, 0.3) is 0 Å². The molecule has 2 atom stereocenters. The van der Waals surface area contributed by atoms with Crippen LogP contribution in [0.4, 0.5) is 0 Å². The highest BCUT2D eigenvalue weighted by Gasteiger charge is 2.22. The number of hydrogen-bond donors (Lipinski definition) is 0. The Morgan fingerprint density at radius 1 is 0.427 bits per heavy atom. The number of carbonyl (C=O) groups excluding carboxylic acids is 2. The lowest BCUT2D eigenvalue weighted by Gasteiger charge is -2.28. The fraction of sp³-hybridized carbons (Fsp3) is 0.846. The van der Waals surface area contributed by atoms with Crippen molar-refractivity contribution in [3.8, 4) is 0 Å². The van der Waals surface area contributed by atoms with Crippen LogP contribution in [-0.2, 0) is 32.7 Å². The fourth-order valence-electron chi connectivity index (χ4n) is 9.24. The molecule has 10 heteroatoms. The predicted molar refractivity (Wildman–Crippen MR) is 319 cm³/mol. The third-order valence-corrected chi connectivity index (χ3v) is 15.1. The van der Waals surface area contributed by atoms with Crippen LogP contribution in [0, 0.1) is 0 Å². The molecule has 75 heavy (non-hydrogen) atoms. The largest absolute Gasteiger partial charge is 0.756 e. The molecule has 0 radical (unpaired) electrons. The van der Waals surface area contributed by atoms with Crippen molar-refractivity contribution in [2.45, 2.75) is 309 Å². The Bertz CT molecular complexity index is 1410. The molecule has 440 valence electrons. The molecule has 0 amide bonds. The molecule has 0 aromatic heterocycles. The minimum atomic E-state index is -4.63. The first-order chi connectivity index (χ1) is 36.5. The number of rotatable bonds is 59. The number of ether oxygens (including phenoxy) is 2. The fourth-order valence-corrected chi connectivity index (χ4v) is 9.97.